The van der Waals surface area contributed by atoms with Gasteiger partial charge in [-0.2, -0.15) is 0 Å². The second-order valence-electron chi connectivity index (χ2n) is 3.48. The van der Waals surface area contributed by atoms with Gasteiger partial charge in [-0.25, -0.2) is 0 Å². The Balaban J connectivity index is 1.72. The van der Waals surface area contributed by atoms with E-state index in [2.05, 4.69) is 6.92 Å². The lowest BCUT2D eigenvalue weighted by Gasteiger charge is -2.52. The van der Waals surface area contributed by atoms with Gasteiger partial charge in [0.2, 0.25) is 0 Å². The van der Waals surface area contributed by atoms with Gasteiger partial charge in [0.15, 0.2) is 0 Å². The van der Waals surface area contributed by atoms with Crippen molar-refractivity contribution < 1.29 is 9.47 Å². The normalized spacial score (nSPS) is 29.7. The van der Waals surface area contributed by atoms with Gasteiger partial charge < -0.3 is 9.47 Å². The van der Waals surface area contributed by atoms with Gasteiger partial charge in [0.05, 0.1) is 19.3 Å². The van der Waals surface area contributed by atoms with Crippen molar-refractivity contribution in [1.82, 2.24) is 0 Å². The van der Waals surface area contributed by atoms with Crippen molar-refractivity contribution >= 4 is 0 Å². The van der Waals surface area contributed by atoms with E-state index in [9.17, 15) is 0 Å². The molecule has 0 bridgehead atoms. The third-order valence-electron chi connectivity index (χ3n) is 2.54. The maximum atomic E-state index is 5.45. The predicted octanol–water partition coefficient (Wildman–Crippen LogP) is 1.20. The lowest BCUT2D eigenvalue weighted by atomic mass is 9.65. The molecule has 0 aromatic carbocycles. The third-order valence-corrected chi connectivity index (χ3v) is 2.54. The lowest BCUT2D eigenvalue weighted by Crippen LogP contribution is -2.55. The summed E-state index contributed by atoms with van der Waals surface area (Å²) >= 11 is 0. The molecule has 2 rings (SSSR count). The van der Waals surface area contributed by atoms with Crippen LogP contribution in [0, 0.1) is 5.41 Å². The molecule has 1 spiro atoms. The summed E-state index contributed by atoms with van der Waals surface area (Å²) in [6, 6.07) is 0. The van der Waals surface area contributed by atoms with Crippen LogP contribution in [0.5, 0.6) is 0 Å². The Labute approximate surface area is 61.5 Å². The Morgan fingerprint density at radius 2 is 2.20 bits per heavy atom. The molecule has 58 valence electrons. The summed E-state index contributed by atoms with van der Waals surface area (Å²) in [5, 5.41) is 0. The summed E-state index contributed by atoms with van der Waals surface area (Å²) in [5.74, 6) is 0. The average Bonchev–Trinajstić information content (AvgIpc) is 1.72. The molecule has 2 nitrogen and oxygen atoms in total. The Morgan fingerprint density at radius 1 is 1.50 bits per heavy atom. The van der Waals surface area contributed by atoms with E-state index in [0.29, 0.717) is 11.5 Å². The highest BCUT2D eigenvalue weighted by Gasteiger charge is 2.50. The van der Waals surface area contributed by atoms with Gasteiger partial charge in [0, 0.05) is 12.0 Å². The Kier molecular flexibility index (Phi) is 1.46. The number of rotatable bonds is 2. The van der Waals surface area contributed by atoms with Crippen LogP contribution in [0.1, 0.15) is 19.8 Å². The predicted molar refractivity (Wildman–Crippen MR) is 37.9 cm³/mol. The molecule has 1 aliphatic heterocycles. The van der Waals surface area contributed by atoms with Crippen LogP contribution in [-0.2, 0) is 9.47 Å². The first kappa shape index (κ1) is 6.62. The summed E-state index contributed by atoms with van der Waals surface area (Å²) in [6.45, 7) is 4.89. The fourth-order valence-corrected chi connectivity index (χ4v) is 1.89. The molecule has 1 saturated carbocycles. The largest absolute Gasteiger partial charge is 0.380 e. The number of hydrogen-bond acceptors (Lipinski definition) is 2. The van der Waals surface area contributed by atoms with Crippen molar-refractivity contribution in [2.24, 2.45) is 5.41 Å². The van der Waals surface area contributed by atoms with E-state index in [0.717, 1.165) is 19.8 Å². The molecule has 0 amide bonds. The highest BCUT2D eigenvalue weighted by Crippen LogP contribution is 2.48. The third kappa shape index (κ3) is 0.867. The van der Waals surface area contributed by atoms with E-state index in [-0.39, 0.29) is 0 Å². The van der Waals surface area contributed by atoms with Crippen LogP contribution in [0.15, 0.2) is 0 Å². The molecule has 1 aliphatic carbocycles. The van der Waals surface area contributed by atoms with Crippen LogP contribution < -0.4 is 0 Å². The van der Waals surface area contributed by atoms with Crippen molar-refractivity contribution in [2.75, 3.05) is 19.8 Å². The van der Waals surface area contributed by atoms with Crippen molar-refractivity contribution in [3.63, 3.8) is 0 Å². The maximum absolute atomic E-state index is 5.45. The molecule has 0 N–H and O–H groups in total. The van der Waals surface area contributed by atoms with E-state index in [4.69, 9.17) is 9.47 Å². The minimum atomic E-state index is 0.550. The highest BCUT2D eigenvalue weighted by molar-refractivity contribution is 4.98. The first-order valence-corrected chi connectivity index (χ1v) is 4.04. The van der Waals surface area contributed by atoms with E-state index in [1.165, 1.54) is 12.8 Å². The van der Waals surface area contributed by atoms with Crippen LogP contribution in [-0.4, -0.2) is 25.9 Å². The smallest absolute Gasteiger partial charge is 0.0589 e. The lowest BCUT2D eigenvalue weighted by molar-refractivity contribution is -0.208. The average molecular weight is 142 g/mol. The van der Waals surface area contributed by atoms with Gasteiger partial charge in [0.1, 0.15) is 0 Å². The summed E-state index contributed by atoms with van der Waals surface area (Å²) in [7, 11) is 0. The number of ether oxygens (including phenoxy) is 2. The van der Waals surface area contributed by atoms with Crippen molar-refractivity contribution in [3.8, 4) is 0 Å². The molecular weight excluding hydrogens is 128 g/mol. The van der Waals surface area contributed by atoms with Gasteiger partial charge in [-0.1, -0.05) is 0 Å². The first-order valence-electron chi connectivity index (χ1n) is 4.04. The fraction of sp³-hybridized carbons (Fsp3) is 1.00. The van der Waals surface area contributed by atoms with E-state index >= 15 is 0 Å². The zero-order chi connectivity index (χ0) is 7.03. The summed E-state index contributed by atoms with van der Waals surface area (Å²) in [6.07, 6.45) is 3.02. The second-order valence-corrected chi connectivity index (χ2v) is 3.48. The van der Waals surface area contributed by atoms with E-state index in [1.807, 2.05) is 0 Å². The van der Waals surface area contributed by atoms with Gasteiger partial charge in [-0.05, 0) is 19.8 Å². The SMILES string of the molecule is CCOC1CC2(COC2)C1. The van der Waals surface area contributed by atoms with E-state index in [1.54, 1.807) is 0 Å². The van der Waals surface area contributed by atoms with Gasteiger partial charge >= 0.3 is 0 Å². The van der Waals surface area contributed by atoms with Crippen molar-refractivity contribution in [1.29, 1.82) is 0 Å². The van der Waals surface area contributed by atoms with Crippen LogP contribution in [0.3, 0.4) is 0 Å². The summed E-state index contributed by atoms with van der Waals surface area (Å²) in [5.41, 5.74) is 0.569. The molecule has 0 radical (unpaired) electrons. The summed E-state index contributed by atoms with van der Waals surface area (Å²) < 4.78 is 10.6. The van der Waals surface area contributed by atoms with Crippen LogP contribution in [0.25, 0.3) is 0 Å². The van der Waals surface area contributed by atoms with Gasteiger partial charge in [-0.3, -0.25) is 0 Å². The van der Waals surface area contributed by atoms with Gasteiger partial charge in [0.25, 0.3) is 0 Å². The zero-order valence-corrected chi connectivity index (χ0v) is 6.43. The van der Waals surface area contributed by atoms with Crippen molar-refractivity contribution in [2.45, 2.75) is 25.9 Å². The van der Waals surface area contributed by atoms with Crippen molar-refractivity contribution in [3.05, 3.63) is 0 Å². The molecule has 2 heteroatoms. The Hall–Kier alpha value is -0.0800. The topological polar surface area (TPSA) is 18.5 Å². The van der Waals surface area contributed by atoms with Gasteiger partial charge in [-0.15, -0.1) is 0 Å². The molecular formula is C8H14O2. The second kappa shape index (κ2) is 2.21. The minimum absolute atomic E-state index is 0.550. The van der Waals surface area contributed by atoms with Crippen LogP contribution in [0.4, 0.5) is 0 Å². The standard InChI is InChI=1S/C8H14O2/c1-2-10-7-3-8(4-7)5-9-6-8/h7H,2-6H2,1H3. The Morgan fingerprint density at radius 3 is 2.60 bits per heavy atom. The zero-order valence-electron chi connectivity index (χ0n) is 6.43. The monoisotopic (exact) mass is 142 g/mol. The molecule has 0 unspecified atom stereocenters. The molecule has 1 heterocycles. The molecule has 2 fully saturated rings. The molecule has 0 atom stereocenters. The molecule has 1 saturated heterocycles. The molecule has 10 heavy (non-hydrogen) atoms. The molecule has 0 aromatic rings. The molecule has 2 aliphatic rings. The maximum Gasteiger partial charge on any atom is 0.0589 e. The first-order chi connectivity index (χ1) is 4.85. The van der Waals surface area contributed by atoms with E-state index < -0.39 is 0 Å². The van der Waals surface area contributed by atoms with Crippen LogP contribution in [0.2, 0.25) is 0 Å². The molecule has 0 aromatic heterocycles. The fourth-order valence-electron chi connectivity index (χ4n) is 1.89. The van der Waals surface area contributed by atoms with Crippen LogP contribution >= 0.6 is 0 Å². The number of hydrogen-bond donors (Lipinski definition) is 0. The minimum Gasteiger partial charge on any atom is -0.380 e. The Bertz CT molecular complexity index is 121. The highest BCUT2D eigenvalue weighted by atomic mass is 16.5. The summed E-state index contributed by atoms with van der Waals surface area (Å²) in [4.78, 5) is 0. The quantitative estimate of drug-likeness (QED) is 0.576.